The Hall–Kier alpha value is -1.94. The topological polar surface area (TPSA) is 84.9 Å². The van der Waals surface area contributed by atoms with Gasteiger partial charge in [0.15, 0.2) is 0 Å². The number of ether oxygens (including phenoxy) is 2. The van der Waals surface area contributed by atoms with E-state index < -0.39 is 33.5 Å². The first-order chi connectivity index (χ1) is 12.1. The number of likely N-dealkylation sites (tertiary alicyclic amines) is 1. The number of nitrogens with one attached hydrogen (secondary N) is 1. The summed E-state index contributed by atoms with van der Waals surface area (Å²) in [6, 6.07) is 3.23. The zero-order chi connectivity index (χ0) is 19.5. The fraction of sp³-hybridized carbons (Fsp3) is 0.562. The van der Waals surface area contributed by atoms with Crippen LogP contribution in [0.1, 0.15) is 18.4 Å². The van der Waals surface area contributed by atoms with Crippen molar-refractivity contribution >= 4 is 15.9 Å². The Kier molecular flexibility index (Phi) is 6.07. The summed E-state index contributed by atoms with van der Waals surface area (Å²) in [7, 11) is -0.926. The molecule has 0 saturated carbocycles. The quantitative estimate of drug-likeness (QED) is 0.790. The molecule has 1 fully saturated rings. The van der Waals surface area contributed by atoms with Crippen LogP contribution < -0.4 is 14.2 Å². The van der Waals surface area contributed by atoms with Gasteiger partial charge in [0.25, 0.3) is 5.91 Å². The molecule has 1 atom stereocenters. The number of amides is 1. The third-order valence-corrected chi connectivity index (χ3v) is 4.86. The van der Waals surface area contributed by atoms with E-state index >= 15 is 0 Å². The Bertz CT molecular complexity index is 770. The van der Waals surface area contributed by atoms with Gasteiger partial charge in [0.1, 0.15) is 11.5 Å². The molecule has 1 aromatic carbocycles. The van der Waals surface area contributed by atoms with Crippen LogP contribution in [0.5, 0.6) is 11.5 Å². The van der Waals surface area contributed by atoms with E-state index in [1.165, 1.54) is 26.4 Å². The average Bonchev–Trinajstić information content (AvgIpc) is 2.59. The Morgan fingerprint density at radius 2 is 2.00 bits per heavy atom. The summed E-state index contributed by atoms with van der Waals surface area (Å²) in [5, 5.41) is 0. The van der Waals surface area contributed by atoms with Crippen LogP contribution in [-0.4, -0.2) is 58.8 Å². The van der Waals surface area contributed by atoms with Crippen molar-refractivity contribution < 1.29 is 31.5 Å². The molecule has 1 aromatic rings. The molecule has 1 saturated heterocycles. The minimum Gasteiger partial charge on any atom is -0.497 e. The highest BCUT2D eigenvalue weighted by molar-refractivity contribution is 7.88. The molecular formula is C16H22F2N2O5S. The van der Waals surface area contributed by atoms with E-state index in [2.05, 4.69) is 4.72 Å². The zero-order valence-electron chi connectivity index (χ0n) is 14.8. The van der Waals surface area contributed by atoms with Crippen molar-refractivity contribution in [3.05, 3.63) is 23.8 Å². The normalized spacial score (nSPS) is 18.5. The maximum Gasteiger partial charge on any atom is 0.353 e. The third-order valence-electron chi connectivity index (χ3n) is 4.10. The second-order valence-electron chi connectivity index (χ2n) is 6.12. The van der Waals surface area contributed by atoms with Crippen LogP contribution >= 0.6 is 0 Å². The van der Waals surface area contributed by atoms with Crippen molar-refractivity contribution in [3.63, 3.8) is 0 Å². The minimum atomic E-state index is -3.84. The van der Waals surface area contributed by atoms with E-state index in [-0.39, 0.29) is 24.6 Å². The van der Waals surface area contributed by atoms with E-state index in [0.29, 0.717) is 12.8 Å². The molecule has 7 nitrogen and oxygen atoms in total. The number of nitrogens with zero attached hydrogens (tertiary/aromatic N) is 1. The zero-order valence-corrected chi connectivity index (χ0v) is 15.6. The molecule has 1 heterocycles. The average molecular weight is 392 g/mol. The molecule has 1 N–H and O–H groups in total. The molecule has 26 heavy (non-hydrogen) atoms. The van der Waals surface area contributed by atoms with Gasteiger partial charge < -0.3 is 14.4 Å². The fourth-order valence-electron chi connectivity index (χ4n) is 2.93. The molecule has 0 radical (unpaired) electrons. The summed E-state index contributed by atoms with van der Waals surface area (Å²) >= 11 is 0. The first-order valence-corrected chi connectivity index (χ1v) is 9.84. The van der Waals surface area contributed by atoms with E-state index in [0.717, 1.165) is 17.2 Å². The Morgan fingerprint density at radius 3 is 2.58 bits per heavy atom. The molecule has 1 amide bonds. The Labute approximate surface area is 151 Å². The number of carbonyl (C=O) groups excluding carboxylic acids is 1. The van der Waals surface area contributed by atoms with Crippen molar-refractivity contribution in [2.24, 2.45) is 0 Å². The summed E-state index contributed by atoms with van der Waals surface area (Å²) in [5.41, 5.74) is -0.595. The second-order valence-corrected chi connectivity index (χ2v) is 7.90. The standard InChI is InChI=1S/C16H22F2N2O5S/c1-24-12-6-7-14(25-2)13(9-12)16(17,18)15(21)20-8-4-5-11(10-20)19-26(3,22)23/h6-7,9,11,19H,4-5,8,10H2,1-3H3. The third kappa shape index (κ3) is 4.61. The smallest absolute Gasteiger partial charge is 0.353 e. The number of methoxy groups -OCH3 is 2. The number of benzene rings is 1. The molecule has 1 aliphatic heterocycles. The summed E-state index contributed by atoms with van der Waals surface area (Å²) in [4.78, 5) is 13.5. The van der Waals surface area contributed by atoms with Gasteiger partial charge in [-0.1, -0.05) is 0 Å². The highest BCUT2D eigenvalue weighted by atomic mass is 32.2. The molecular weight excluding hydrogens is 370 g/mol. The molecule has 1 aliphatic rings. The van der Waals surface area contributed by atoms with Crippen molar-refractivity contribution in [1.82, 2.24) is 9.62 Å². The highest BCUT2D eigenvalue weighted by Gasteiger charge is 2.47. The van der Waals surface area contributed by atoms with Gasteiger partial charge in [0, 0.05) is 19.1 Å². The van der Waals surface area contributed by atoms with Gasteiger partial charge in [-0.05, 0) is 31.0 Å². The van der Waals surface area contributed by atoms with E-state index in [9.17, 15) is 22.0 Å². The number of piperidine rings is 1. The summed E-state index contributed by atoms with van der Waals surface area (Å²) < 4.78 is 64.8. The van der Waals surface area contributed by atoms with Crippen LogP contribution in [0.2, 0.25) is 0 Å². The first kappa shape index (κ1) is 20.4. The van der Waals surface area contributed by atoms with Crippen LogP contribution in [-0.2, 0) is 20.7 Å². The summed E-state index contributed by atoms with van der Waals surface area (Å²) in [6.07, 6.45) is 1.89. The van der Waals surface area contributed by atoms with Crippen LogP contribution in [0.25, 0.3) is 0 Å². The molecule has 2 rings (SSSR count). The number of rotatable bonds is 6. The highest BCUT2D eigenvalue weighted by Crippen LogP contribution is 2.39. The lowest BCUT2D eigenvalue weighted by Crippen LogP contribution is -2.52. The van der Waals surface area contributed by atoms with Crippen molar-refractivity contribution in [1.29, 1.82) is 0 Å². The van der Waals surface area contributed by atoms with E-state index in [4.69, 9.17) is 9.47 Å². The summed E-state index contributed by atoms with van der Waals surface area (Å²) in [6.45, 7) is 0.0103. The summed E-state index contributed by atoms with van der Waals surface area (Å²) in [5.74, 6) is -5.20. The number of halogens is 2. The van der Waals surface area contributed by atoms with E-state index in [1.54, 1.807) is 0 Å². The number of carbonyl (C=O) groups is 1. The predicted octanol–water partition coefficient (Wildman–Crippen LogP) is 1.34. The molecule has 1 unspecified atom stereocenters. The molecule has 0 bridgehead atoms. The molecule has 10 heteroatoms. The Morgan fingerprint density at radius 1 is 1.31 bits per heavy atom. The van der Waals surface area contributed by atoms with Crippen LogP contribution in [0.4, 0.5) is 8.78 Å². The fourth-order valence-corrected chi connectivity index (χ4v) is 3.73. The van der Waals surface area contributed by atoms with Crippen LogP contribution in [0.15, 0.2) is 18.2 Å². The number of alkyl halides is 2. The Balaban J connectivity index is 2.27. The van der Waals surface area contributed by atoms with Crippen molar-refractivity contribution in [2.45, 2.75) is 24.8 Å². The first-order valence-electron chi connectivity index (χ1n) is 7.95. The molecule has 0 aliphatic carbocycles. The van der Waals surface area contributed by atoms with Gasteiger partial charge in [0.2, 0.25) is 10.0 Å². The lowest BCUT2D eigenvalue weighted by Gasteiger charge is -2.35. The van der Waals surface area contributed by atoms with Crippen molar-refractivity contribution in [3.8, 4) is 11.5 Å². The van der Waals surface area contributed by atoms with Crippen LogP contribution in [0, 0.1) is 0 Å². The number of hydrogen-bond donors (Lipinski definition) is 1. The van der Waals surface area contributed by atoms with Crippen molar-refractivity contribution in [2.75, 3.05) is 33.6 Å². The van der Waals surface area contributed by atoms with Crippen LogP contribution in [0.3, 0.4) is 0 Å². The van der Waals surface area contributed by atoms with Gasteiger partial charge in [-0.2, -0.15) is 8.78 Å². The molecule has 0 aromatic heterocycles. The SMILES string of the molecule is COc1ccc(OC)c(C(F)(F)C(=O)N2CCCC(NS(C)(=O)=O)C2)c1. The van der Waals surface area contributed by atoms with Gasteiger partial charge in [0.05, 0.1) is 26.0 Å². The van der Waals surface area contributed by atoms with Gasteiger partial charge in [-0.15, -0.1) is 0 Å². The number of hydrogen-bond acceptors (Lipinski definition) is 5. The molecule has 0 spiro atoms. The van der Waals surface area contributed by atoms with E-state index in [1.807, 2.05) is 0 Å². The van der Waals surface area contributed by atoms with Gasteiger partial charge >= 0.3 is 5.92 Å². The van der Waals surface area contributed by atoms with Gasteiger partial charge in [-0.25, -0.2) is 13.1 Å². The monoisotopic (exact) mass is 392 g/mol. The number of sulfonamides is 1. The maximum absolute atomic E-state index is 14.9. The molecule has 146 valence electrons. The van der Waals surface area contributed by atoms with Gasteiger partial charge in [-0.3, -0.25) is 4.79 Å². The maximum atomic E-state index is 14.9. The predicted molar refractivity (Wildman–Crippen MR) is 91.0 cm³/mol. The lowest BCUT2D eigenvalue weighted by atomic mass is 10.0. The minimum absolute atomic E-state index is 0.117. The largest absolute Gasteiger partial charge is 0.497 e. The second kappa shape index (κ2) is 7.75. The lowest BCUT2D eigenvalue weighted by molar-refractivity contribution is -0.160.